The minimum Gasteiger partial charge on any atom is -0.399 e. The molecule has 0 saturated heterocycles. The summed E-state index contributed by atoms with van der Waals surface area (Å²) in [5, 5.41) is 3.09. The molecule has 0 aliphatic heterocycles. The van der Waals surface area contributed by atoms with E-state index in [-0.39, 0.29) is 11.9 Å². The highest BCUT2D eigenvalue weighted by Crippen LogP contribution is 2.30. The van der Waals surface area contributed by atoms with Gasteiger partial charge in [-0.15, -0.1) is 0 Å². The lowest BCUT2D eigenvalue weighted by molar-refractivity contribution is 0.0933. The molecule has 0 radical (unpaired) electrons. The third-order valence-electron chi connectivity index (χ3n) is 3.99. The molecule has 0 spiro atoms. The van der Waals surface area contributed by atoms with Gasteiger partial charge in [-0.1, -0.05) is 24.3 Å². The minimum absolute atomic E-state index is 0.0550. The first-order valence-corrected chi connectivity index (χ1v) is 7.19. The van der Waals surface area contributed by atoms with E-state index in [0.29, 0.717) is 16.9 Å². The summed E-state index contributed by atoms with van der Waals surface area (Å²) in [7, 11) is 0. The number of hydrogen-bond donors (Lipinski definition) is 3. The fourth-order valence-electron chi connectivity index (χ4n) is 2.93. The van der Waals surface area contributed by atoms with Crippen LogP contribution in [0.3, 0.4) is 0 Å². The zero-order valence-electron chi connectivity index (χ0n) is 11.8. The second kappa shape index (κ2) is 5.48. The first-order chi connectivity index (χ1) is 10.1. The molecule has 1 amide bonds. The maximum Gasteiger partial charge on any atom is 0.253 e. The lowest BCUT2D eigenvalue weighted by Gasteiger charge is -2.26. The highest BCUT2D eigenvalue weighted by Gasteiger charge is 2.22. The highest BCUT2D eigenvalue weighted by molar-refractivity contribution is 5.99. The van der Waals surface area contributed by atoms with Crippen LogP contribution in [0.4, 0.5) is 11.4 Å². The summed E-state index contributed by atoms with van der Waals surface area (Å²) in [5.41, 5.74) is 15.5. The van der Waals surface area contributed by atoms with Crippen LogP contribution in [-0.4, -0.2) is 5.91 Å². The minimum atomic E-state index is -0.144. The predicted molar refractivity (Wildman–Crippen MR) is 84.9 cm³/mol. The molecular weight excluding hydrogens is 262 g/mol. The van der Waals surface area contributed by atoms with Crippen molar-refractivity contribution in [3.63, 3.8) is 0 Å². The van der Waals surface area contributed by atoms with E-state index in [9.17, 15) is 4.79 Å². The van der Waals surface area contributed by atoms with Crippen molar-refractivity contribution in [2.75, 3.05) is 11.5 Å². The number of fused-ring (bicyclic) bond motifs is 1. The zero-order chi connectivity index (χ0) is 14.8. The van der Waals surface area contributed by atoms with Crippen molar-refractivity contribution in [2.24, 2.45) is 0 Å². The Labute approximate surface area is 124 Å². The molecule has 108 valence electrons. The third-order valence-corrected chi connectivity index (χ3v) is 3.99. The van der Waals surface area contributed by atoms with Crippen LogP contribution in [0.2, 0.25) is 0 Å². The van der Waals surface area contributed by atoms with E-state index >= 15 is 0 Å². The van der Waals surface area contributed by atoms with Crippen LogP contribution in [0.25, 0.3) is 0 Å². The molecular formula is C17H19N3O. The zero-order valence-corrected chi connectivity index (χ0v) is 11.8. The van der Waals surface area contributed by atoms with E-state index in [1.807, 2.05) is 12.1 Å². The van der Waals surface area contributed by atoms with Crippen LogP contribution in [0.5, 0.6) is 0 Å². The molecule has 0 saturated carbocycles. The molecule has 0 fully saturated rings. The van der Waals surface area contributed by atoms with Gasteiger partial charge in [-0.05, 0) is 48.6 Å². The number of amides is 1. The number of aryl methyl sites for hydroxylation is 1. The van der Waals surface area contributed by atoms with Gasteiger partial charge in [-0.25, -0.2) is 0 Å². The summed E-state index contributed by atoms with van der Waals surface area (Å²) in [6, 6.07) is 13.3. The second-order valence-corrected chi connectivity index (χ2v) is 5.46. The molecule has 1 aliphatic carbocycles. The molecule has 0 heterocycles. The summed E-state index contributed by atoms with van der Waals surface area (Å²) in [6.07, 6.45) is 3.11. The quantitative estimate of drug-likeness (QED) is 0.740. The second-order valence-electron chi connectivity index (χ2n) is 5.46. The Hall–Kier alpha value is -2.49. The Balaban J connectivity index is 1.83. The number of benzene rings is 2. The van der Waals surface area contributed by atoms with E-state index in [2.05, 4.69) is 17.4 Å². The Morgan fingerprint density at radius 3 is 2.76 bits per heavy atom. The van der Waals surface area contributed by atoms with E-state index in [1.54, 1.807) is 18.2 Å². The molecule has 3 rings (SSSR count). The lowest BCUT2D eigenvalue weighted by atomic mass is 9.87. The van der Waals surface area contributed by atoms with Gasteiger partial charge in [0.25, 0.3) is 5.91 Å². The number of nitrogens with two attached hydrogens (primary N) is 2. The normalized spacial score (nSPS) is 17.0. The summed E-state index contributed by atoms with van der Waals surface area (Å²) in [4.78, 5) is 12.4. The first-order valence-electron chi connectivity index (χ1n) is 7.19. The van der Waals surface area contributed by atoms with Crippen LogP contribution in [0, 0.1) is 0 Å². The average Bonchev–Trinajstić information content (AvgIpc) is 2.47. The van der Waals surface area contributed by atoms with Gasteiger partial charge >= 0.3 is 0 Å². The topological polar surface area (TPSA) is 81.1 Å². The van der Waals surface area contributed by atoms with Crippen LogP contribution in [-0.2, 0) is 6.42 Å². The van der Waals surface area contributed by atoms with Crippen molar-refractivity contribution in [3.8, 4) is 0 Å². The van der Waals surface area contributed by atoms with Crippen molar-refractivity contribution >= 4 is 17.3 Å². The van der Waals surface area contributed by atoms with E-state index in [0.717, 1.165) is 19.3 Å². The fraction of sp³-hybridized carbons (Fsp3) is 0.235. The molecule has 2 aromatic carbocycles. The van der Waals surface area contributed by atoms with E-state index < -0.39 is 0 Å². The smallest absolute Gasteiger partial charge is 0.253 e. The van der Waals surface area contributed by atoms with Gasteiger partial charge < -0.3 is 16.8 Å². The van der Waals surface area contributed by atoms with Crippen LogP contribution < -0.4 is 16.8 Å². The van der Waals surface area contributed by atoms with Crippen molar-refractivity contribution in [1.82, 2.24) is 5.32 Å². The van der Waals surface area contributed by atoms with Crippen molar-refractivity contribution in [3.05, 3.63) is 59.2 Å². The van der Waals surface area contributed by atoms with Gasteiger partial charge in [0.1, 0.15) is 0 Å². The SMILES string of the molecule is Nc1ccc(C(=O)NC2CCCc3ccccc32)c(N)c1. The Morgan fingerprint density at radius 1 is 1.14 bits per heavy atom. The van der Waals surface area contributed by atoms with Gasteiger partial charge in [0.05, 0.1) is 11.6 Å². The maximum absolute atomic E-state index is 12.4. The Kier molecular flexibility index (Phi) is 3.52. The molecule has 21 heavy (non-hydrogen) atoms. The number of carbonyl (C=O) groups is 1. The average molecular weight is 281 g/mol. The lowest BCUT2D eigenvalue weighted by Crippen LogP contribution is -2.31. The summed E-state index contributed by atoms with van der Waals surface area (Å²) in [5.74, 6) is -0.144. The maximum atomic E-state index is 12.4. The predicted octanol–water partition coefficient (Wildman–Crippen LogP) is 2.66. The molecule has 5 N–H and O–H groups in total. The van der Waals surface area contributed by atoms with Gasteiger partial charge in [0, 0.05) is 11.4 Å². The first kappa shape index (κ1) is 13.5. The summed E-state index contributed by atoms with van der Waals surface area (Å²) in [6.45, 7) is 0. The van der Waals surface area contributed by atoms with E-state index in [4.69, 9.17) is 11.5 Å². The summed E-state index contributed by atoms with van der Waals surface area (Å²) >= 11 is 0. The van der Waals surface area contributed by atoms with E-state index in [1.165, 1.54) is 11.1 Å². The Morgan fingerprint density at radius 2 is 1.95 bits per heavy atom. The molecule has 1 unspecified atom stereocenters. The van der Waals surface area contributed by atoms with Crippen LogP contribution in [0.1, 0.15) is 40.4 Å². The highest BCUT2D eigenvalue weighted by atomic mass is 16.1. The van der Waals surface area contributed by atoms with Gasteiger partial charge in [-0.3, -0.25) is 4.79 Å². The van der Waals surface area contributed by atoms with Crippen molar-refractivity contribution < 1.29 is 4.79 Å². The van der Waals surface area contributed by atoms with Crippen LogP contribution >= 0.6 is 0 Å². The number of rotatable bonds is 2. The Bertz CT molecular complexity index is 681. The number of nitrogens with one attached hydrogen (secondary N) is 1. The van der Waals surface area contributed by atoms with Gasteiger partial charge in [0.2, 0.25) is 0 Å². The number of hydrogen-bond acceptors (Lipinski definition) is 3. The molecule has 4 heteroatoms. The molecule has 0 bridgehead atoms. The number of carbonyl (C=O) groups excluding carboxylic acids is 1. The number of anilines is 2. The standard InChI is InChI=1S/C17H19N3O/c18-12-8-9-14(15(19)10-12)17(21)20-16-7-3-5-11-4-1-2-6-13(11)16/h1-2,4,6,8-10,16H,3,5,7,18-19H2,(H,20,21). The largest absolute Gasteiger partial charge is 0.399 e. The summed E-state index contributed by atoms with van der Waals surface area (Å²) < 4.78 is 0. The van der Waals surface area contributed by atoms with Crippen molar-refractivity contribution in [2.45, 2.75) is 25.3 Å². The van der Waals surface area contributed by atoms with Gasteiger partial charge in [0.15, 0.2) is 0 Å². The molecule has 1 atom stereocenters. The monoisotopic (exact) mass is 281 g/mol. The molecule has 2 aromatic rings. The number of nitrogen functional groups attached to an aromatic ring is 2. The van der Waals surface area contributed by atoms with Crippen LogP contribution in [0.15, 0.2) is 42.5 Å². The van der Waals surface area contributed by atoms with Gasteiger partial charge in [-0.2, -0.15) is 0 Å². The molecule has 4 nitrogen and oxygen atoms in total. The van der Waals surface area contributed by atoms with Crippen molar-refractivity contribution in [1.29, 1.82) is 0 Å². The molecule has 0 aromatic heterocycles. The third kappa shape index (κ3) is 2.70. The molecule has 1 aliphatic rings. The fourth-order valence-corrected chi connectivity index (χ4v) is 2.93.